The molecule has 0 spiro atoms. The number of aryl methyl sites for hydroxylation is 1. The molecule has 1 aromatic heterocycles. The van der Waals surface area contributed by atoms with Crippen LogP contribution in [0.3, 0.4) is 0 Å². The minimum Gasteiger partial charge on any atom is -0.316 e. The van der Waals surface area contributed by atoms with Gasteiger partial charge in [0, 0.05) is 20.1 Å². The molecule has 0 amide bonds. The second-order valence-electron chi connectivity index (χ2n) is 5.39. The molecule has 6 nitrogen and oxygen atoms in total. The minimum absolute atomic E-state index is 0.297. The Morgan fingerprint density at radius 1 is 1.55 bits per heavy atom. The van der Waals surface area contributed by atoms with Crippen LogP contribution in [0.25, 0.3) is 0 Å². The number of nitrogens with zero attached hydrogens (tertiary/aromatic N) is 3. The number of hydrogen-bond acceptors (Lipinski definition) is 4. The molecule has 0 bridgehead atoms. The van der Waals surface area contributed by atoms with Gasteiger partial charge in [-0.05, 0) is 44.3 Å². The molecule has 7 heteroatoms. The number of rotatable bonds is 6. The van der Waals surface area contributed by atoms with Gasteiger partial charge in [-0.2, -0.15) is 9.40 Å². The highest BCUT2D eigenvalue weighted by Gasteiger charge is 2.27. The monoisotopic (exact) mass is 300 g/mol. The Labute approximate surface area is 121 Å². The fourth-order valence-corrected chi connectivity index (χ4v) is 3.98. The lowest BCUT2D eigenvalue weighted by Crippen LogP contribution is -2.39. The third-order valence-corrected chi connectivity index (χ3v) is 5.55. The minimum atomic E-state index is -3.44. The second kappa shape index (κ2) is 6.69. The third-order valence-electron chi connectivity index (χ3n) is 3.70. The van der Waals surface area contributed by atoms with Crippen LogP contribution in [-0.4, -0.2) is 49.2 Å². The van der Waals surface area contributed by atoms with Gasteiger partial charge in [0.25, 0.3) is 10.0 Å². The first kappa shape index (κ1) is 15.5. The van der Waals surface area contributed by atoms with E-state index in [1.54, 1.807) is 24.0 Å². The van der Waals surface area contributed by atoms with Crippen LogP contribution in [0.1, 0.15) is 26.2 Å². The summed E-state index contributed by atoms with van der Waals surface area (Å²) in [7, 11) is -1.78. The van der Waals surface area contributed by atoms with E-state index in [1.807, 2.05) is 6.92 Å². The first-order valence-corrected chi connectivity index (χ1v) is 8.68. The van der Waals surface area contributed by atoms with Gasteiger partial charge in [0.15, 0.2) is 5.03 Å². The number of aromatic nitrogens is 2. The average molecular weight is 300 g/mol. The third kappa shape index (κ3) is 3.39. The van der Waals surface area contributed by atoms with E-state index in [0.717, 1.165) is 32.4 Å². The molecule has 1 N–H and O–H groups in total. The zero-order valence-electron chi connectivity index (χ0n) is 12.2. The Hall–Kier alpha value is -0.920. The van der Waals surface area contributed by atoms with Crippen LogP contribution in [0.15, 0.2) is 17.3 Å². The largest absolute Gasteiger partial charge is 0.316 e. The zero-order chi connectivity index (χ0) is 14.6. The first-order chi connectivity index (χ1) is 9.55. The maximum Gasteiger partial charge on any atom is 0.259 e. The van der Waals surface area contributed by atoms with Crippen LogP contribution in [0, 0.1) is 5.92 Å². The van der Waals surface area contributed by atoms with Crippen molar-refractivity contribution >= 4 is 10.0 Å². The van der Waals surface area contributed by atoms with Gasteiger partial charge in [0.2, 0.25) is 0 Å². The highest BCUT2D eigenvalue weighted by molar-refractivity contribution is 7.89. The van der Waals surface area contributed by atoms with Crippen LogP contribution < -0.4 is 5.32 Å². The van der Waals surface area contributed by atoms with Gasteiger partial charge in [-0.3, -0.25) is 4.68 Å². The molecule has 1 saturated heterocycles. The standard InChI is InChI=1S/C13H24N4O2S/c1-3-9-17-13(6-8-15-17)20(18,19)16(2)11-12-5-4-7-14-10-12/h6,8,12,14H,3-5,7,9-11H2,1-2H3/t12-/m1/s1. The second-order valence-corrected chi connectivity index (χ2v) is 7.38. The Balaban J connectivity index is 2.10. The topological polar surface area (TPSA) is 67.2 Å². The van der Waals surface area contributed by atoms with Crippen molar-refractivity contribution in [3.63, 3.8) is 0 Å². The summed E-state index contributed by atoms with van der Waals surface area (Å²) < 4.78 is 28.3. The number of nitrogens with one attached hydrogen (secondary N) is 1. The van der Waals surface area contributed by atoms with Gasteiger partial charge in [-0.15, -0.1) is 0 Å². The van der Waals surface area contributed by atoms with Crippen LogP contribution >= 0.6 is 0 Å². The SMILES string of the molecule is CCCn1nccc1S(=O)(=O)N(C)C[C@@H]1CCCNC1. The van der Waals surface area contributed by atoms with E-state index in [1.165, 1.54) is 4.31 Å². The first-order valence-electron chi connectivity index (χ1n) is 7.24. The van der Waals surface area contributed by atoms with Crippen molar-refractivity contribution in [3.8, 4) is 0 Å². The summed E-state index contributed by atoms with van der Waals surface area (Å²) in [6.07, 6.45) is 4.62. The van der Waals surface area contributed by atoms with Crippen molar-refractivity contribution in [2.75, 3.05) is 26.7 Å². The molecule has 0 aromatic carbocycles. The van der Waals surface area contributed by atoms with E-state index < -0.39 is 10.0 Å². The van der Waals surface area contributed by atoms with Crippen molar-refractivity contribution in [2.24, 2.45) is 5.92 Å². The molecule has 1 aliphatic rings. The van der Waals surface area contributed by atoms with Crippen molar-refractivity contribution in [2.45, 2.75) is 37.8 Å². The summed E-state index contributed by atoms with van der Waals surface area (Å²) in [5, 5.41) is 7.72. The fraction of sp³-hybridized carbons (Fsp3) is 0.769. The highest BCUT2D eigenvalue weighted by atomic mass is 32.2. The highest BCUT2D eigenvalue weighted by Crippen LogP contribution is 2.18. The number of sulfonamides is 1. The lowest BCUT2D eigenvalue weighted by Gasteiger charge is -2.27. The molecule has 1 atom stereocenters. The Morgan fingerprint density at radius 2 is 2.35 bits per heavy atom. The molecular formula is C13H24N4O2S. The summed E-state index contributed by atoms with van der Waals surface area (Å²) in [4.78, 5) is 0. The van der Waals surface area contributed by atoms with Crippen LogP contribution in [0.2, 0.25) is 0 Å². The molecule has 0 unspecified atom stereocenters. The molecule has 1 aromatic rings. The van der Waals surface area contributed by atoms with E-state index in [2.05, 4.69) is 10.4 Å². The summed E-state index contributed by atoms with van der Waals surface area (Å²) in [5.41, 5.74) is 0. The van der Waals surface area contributed by atoms with Crippen molar-refractivity contribution in [1.82, 2.24) is 19.4 Å². The van der Waals surface area contributed by atoms with E-state index in [0.29, 0.717) is 24.0 Å². The van der Waals surface area contributed by atoms with E-state index in [-0.39, 0.29) is 0 Å². The summed E-state index contributed by atoms with van der Waals surface area (Å²) in [5.74, 6) is 0.395. The van der Waals surface area contributed by atoms with Crippen molar-refractivity contribution < 1.29 is 8.42 Å². The molecule has 1 aliphatic heterocycles. The molecule has 2 heterocycles. The summed E-state index contributed by atoms with van der Waals surface area (Å²) >= 11 is 0. The van der Waals surface area contributed by atoms with Gasteiger partial charge >= 0.3 is 0 Å². The lowest BCUT2D eigenvalue weighted by atomic mass is 10.00. The maximum absolute atomic E-state index is 12.6. The summed E-state index contributed by atoms with van der Waals surface area (Å²) in [6, 6.07) is 1.58. The molecule has 1 fully saturated rings. The molecule has 0 radical (unpaired) electrons. The predicted octanol–water partition coefficient (Wildman–Crippen LogP) is 0.913. The smallest absolute Gasteiger partial charge is 0.259 e. The normalized spacial score (nSPS) is 20.4. The molecule has 0 saturated carbocycles. The quantitative estimate of drug-likeness (QED) is 0.848. The average Bonchev–Trinajstić information content (AvgIpc) is 2.89. The predicted molar refractivity (Wildman–Crippen MR) is 77.9 cm³/mol. The molecule has 20 heavy (non-hydrogen) atoms. The Kier molecular flexibility index (Phi) is 5.17. The molecular weight excluding hydrogens is 276 g/mol. The lowest BCUT2D eigenvalue weighted by molar-refractivity contribution is 0.313. The van der Waals surface area contributed by atoms with Crippen LogP contribution in [0.5, 0.6) is 0 Å². The Bertz CT molecular complexity index is 520. The van der Waals surface area contributed by atoms with Crippen molar-refractivity contribution in [1.29, 1.82) is 0 Å². The van der Waals surface area contributed by atoms with Gasteiger partial charge < -0.3 is 5.32 Å². The van der Waals surface area contributed by atoms with Gasteiger partial charge in [0.1, 0.15) is 0 Å². The molecule has 2 rings (SSSR count). The number of piperidine rings is 1. The van der Waals surface area contributed by atoms with E-state index in [4.69, 9.17) is 0 Å². The van der Waals surface area contributed by atoms with Crippen molar-refractivity contribution in [3.05, 3.63) is 12.3 Å². The maximum atomic E-state index is 12.6. The van der Waals surface area contributed by atoms with Gasteiger partial charge in [-0.25, -0.2) is 8.42 Å². The molecule has 0 aliphatic carbocycles. The molecule has 114 valence electrons. The zero-order valence-corrected chi connectivity index (χ0v) is 13.1. The van der Waals surface area contributed by atoms with E-state index >= 15 is 0 Å². The number of hydrogen-bond donors (Lipinski definition) is 1. The van der Waals surface area contributed by atoms with Crippen LogP contribution in [0.4, 0.5) is 0 Å². The van der Waals surface area contributed by atoms with Gasteiger partial charge in [-0.1, -0.05) is 6.92 Å². The van der Waals surface area contributed by atoms with Crippen LogP contribution in [-0.2, 0) is 16.6 Å². The van der Waals surface area contributed by atoms with E-state index in [9.17, 15) is 8.42 Å². The fourth-order valence-electron chi connectivity index (χ4n) is 2.62. The van der Waals surface area contributed by atoms with Gasteiger partial charge in [0.05, 0.1) is 6.20 Å². The Morgan fingerprint density at radius 3 is 3.00 bits per heavy atom. The summed E-state index contributed by atoms with van der Waals surface area (Å²) in [6.45, 7) is 5.13.